The summed E-state index contributed by atoms with van der Waals surface area (Å²) in [4.78, 5) is 23.9. The van der Waals surface area contributed by atoms with Gasteiger partial charge < -0.3 is 24.3 Å². The van der Waals surface area contributed by atoms with Crippen molar-refractivity contribution in [3.63, 3.8) is 0 Å². The van der Waals surface area contributed by atoms with E-state index in [1.54, 1.807) is 34.5 Å². The highest BCUT2D eigenvalue weighted by Crippen LogP contribution is 2.34. The fourth-order valence-electron chi connectivity index (χ4n) is 4.90. The van der Waals surface area contributed by atoms with Gasteiger partial charge in [0.1, 0.15) is 0 Å². The largest absolute Gasteiger partial charge is 0.469 e. The van der Waals surface area contributed by atoms with E-state index >= 15 is 0 Å². The van der Waals surface area contributed by atoms with E-state index in [2.05, 4.69) is 15.2 Å². The zero-order valence-corrected chi connectivity index (χ0v) is 25.5. The zero-order chi connectivity index (χ0) is 32.2. The van der Waals surface area contributed by atoms with E-state index < -0.39 is 11.7 Å². The molecule has 0 aliphatic carbocycles. The Balaban J connectivity index is 1.16. The maximum Gasteiger partial charge on any atom is 0.416 e. The van der Waals surface area contributed by atoms with Crippen molar-refractivity contribution in [2.75, 3.05) is 53.3 Å². The van der Waals surface area contributed by atoms with Gasteiger partial charge in [-0.2, -0.15) is 18.3 Å². The van der Waals surface area contributed by atoms with Gasteiger partial charge in [-0.05, 0) is 55.3 Å². The molecule has 244 valence electrons. The molecule has 2 heterocycles. The van der Waals surface area contributed by atoms with Crippen LogP contribution in [-0.4, -0.2) is 79.5 Å². The van der Waals surface area contributed by atoms with Crippen LogP contribution in [0.25, 0.3) is 27.6 Å². The molecule has 4 aromatic rings. The Morgan fingerprint density at radius 2 is 1.51 bits per heavy atom. The van der Waals surface area contributed by atoms with Crippen molar-refractivity contribution < 1.29 is 41.7 Å². The van der Waals surface area contributed by atoms with Gasteiger partial charge in [0, 0.05) is 54.8 Å². The first-order valence-electron chi connectivity index (χ1n) is 14.9. The molecule has 2 aromatic heterocycles. The molecule has 10 nitrogen and oxygen atoms in total. The summed E-state index contributed by atoms with van der Waals surface area (Å²) in [6, 6.07) is 10.1. The first-order chi connectivity index (χ1) is 21.7. The first kappa shape index (κ1) is 33.9. The van der Waals surface area contributed by atoms with Crippen molar-refractivity contribution in [2.24, 2.45) is 7.05 Å². The summed E-state index contributed by atoms with van der Waals surface area (Å²) < 4.78 is 63.9. The Labute approximate surface area is 259 Å². The molecule has 0 aliphatic heterocycles. The number of amides is 1. The van der Waals surface area contributed by atoms with E-state index in [4.69, 9.17) is 14.2 Å². The monoisotopic (exact) mass is 632 g/mol. The summed E-state index contributed by atoms with van der Waals surface area (Å²) in [5.74, 6) is -0.438. The third-order valence-corrected chi connectivity index (χ3v) is 7.19. The molecule has 2 aromatic carbocycles. The number of hydrogen-bond acceptors (Lipinski definition) is 7. The molecule has 0 spiro atoms. The molecule has 4 rings (SSSR count). The second-order valence-corrected chi connectivity index (χ2v) is 10.5. The number of benzene rings is 2. The van der Waals surface area contributed by atoms with Crippen molar-refractivity contribution in [3.05, 3.63) is 59.8 Å². The number of rotatable bonds is 18. The van der Waals surface area contributed by atoms with Crippen LogP contribution in [0.5, 0.6) is 0 Å². The van der Waals surface area contributed by atoms with Crippen LogP contribution in [0.15, 0.2) is 48.7 Å². The first-order valence-corrected chi connectivity index (χ1v) is 14.9. The zero-order valence-electron chi connectivity index (χ0n) is 25.5. The maximum atomic E-state index is 13.1. The molecule has 0 saturated heterocycles. The summed E-state index contributed by atoms with van der Waals surface area (Å²) in [5.41, 5.74) is 1.56. The third kappa shape index (κ3) is 9.52. The Kier molecular flexibility index (Phi) is 12.4. The highest BCUT2D eigenvalue weighted by atomic mass is 19.4. The van der Waals surface area contributed by atoms with Crippen LogP contribution >= 0.6 is 0 Å². The average molecular weight is 633 g/mol. The standard InChI is InChI=1S/C32H39F3N4O6/c1-38-22-27-26-21-23(8-13-28(26)39(30(27)37-38)25-11-9-24(10-12-25)32(33,34)35)31(41)36-14-16-44-18-20-45-19-17-43-15-6-4-3-5-7-29(40)42-2/h8-13,21-22H,3-7,14-20H2,1-2H3,(H,36,41). The molecule has 1 N–H and O–H groups in total. The third-order valence-electron chi connectivity index (χ3n) is 7.19. The lowest BCUT2D eigenvalue weighted by molar-refractivity contribution is -0.140. The van der Waals surface area contributed by atoms with Crippen LogP contribution in [0, 0.1) is 0 Å². The van der Waals surface area contributed by atoms with Gasteiger partial charge in [-0.1, -0.05) is 12.8 Å². The van der Waals surface area contributed by atoms with Crippen molar-refractivity contribution in [1.82, 2.24) is 19.7 Å². The number of fused-ring (bicyclic) bond motifs is 3. The van der Waals surface area contributed by atoms with Crippen molar-refractivity contribution in [1.29, 1.82) is 0 Å². The van der Waals surface area contributed by atoms with Gasteiger partial charge in [-0.15, -0.1) is 0 Å². The number of hydrogen-bond donors (Lipinski definition) is 1. The SMILES string of the molecule is COC(=O)CCCCCCOCCOCCOCCNC(=O)c1ccc2c(c1)c1cn(C)nc1n2-c1ccc(C(F)(F)F)cc1. The summed E-state index contributed by atoms with van der Waals surface area (Å²) in [6.07, 6.45) is 1.60. The number of esters is 1. The number of aryl methyl sites for hydroxylation is 1. The van der Waals surface area contributed by atoms with Crippen LogP contribution in [0.1, 0.15) is 48.0 Å². The number of carbonyl (C=O) groups excluding carboxylic acids is 2. The van der Waals surface area contributed by atoms with Gasteiger partial charge in [0.05, 0.1) is 51.2 Å². The quantitative estimate of drug-likeness (QED) is 0.115. The number of nitrogens with zero attached hydrogens (tertiary/aromatic N) is 3. The van der Waals surface area contributed by atoms with E-state index in [1.807, 2.05) is 6.20 Å². The Bertz CT molecular complexity index is 1550. The molecule has 0 fully saturated rings. The minimum absolute atomic E-state index is 0.172. The van der Waals surface area contributed by atoms with Crippen LogP contribution in [0.4, 0.5) is 13.2 Å². The summed E-state index contributed by atoms with van der Waals surface area (Å²) in [7, 11) is 3.16. The van der Waals surface area contributed by atoms with Crippen LogP contribution < -0.4 is 5.32 Å². The lowest BCUT2D eigenvalue weighted by atomic mass is 10.1. The predicted octanol–water partition coefficient (Wildman–Crippen LogP) is 5.44. The molecule has 0 atom stereocenters. The van der Waals surface area contributed by atoms with E-state index in [1.165, 1.54) is 19.2 Å². The van der Waals surface area contributed by atoms with E-state index in [0.29, 0.717) is 69.5 Å². The van der Waals surface area contributed by atoms with E-state index in [-0.39, 0.29) is 11.9 Å². The summed E-state index contributed by atoms with van der Waals surface area (Å²) in [5, 5.41) is 8.90. The lowest BCUT2D eigenvalue weighted by Crippen LogP contribution is -2.27. The van der Waals surface area contributed by atoms with Gasteiger partial charge in [-0.3, -0.25) is 18.8 Å². The number of carbonyl (C=O) groups is 2. The molecule has 13 heteroatoms. The lowest BCUT2D eigenvalue weighted by Gasteiger charge is -2.10. The molecule has 0 saturated carbocycles. The number of nitrogens with one attached hydrogen (secondary N) is 1. The van der Waals surface area contributed by atoms with Crippen molar-refractivity contribution in [2.45, 2.75) is 38.3 Å². The molecular formula is C32H39F3N4O6. The summed E-state index contributed by atoms with van der Waals surface area (Å²) >= 11 is 0. The highest BCUT2D eigenvalue weighted by Gasteiger charge is 2.30. The smallest absolute Gasteiger partial charge is 0.416 e. The van der Waals surface area contributed by atoms with Crippen molar-refractivity contribution in [3.8, 4) is 5.69 Å². The topological polar surface area (TPSA) is 106 Å². The molecular weight excluding hydrogens is 593 g/mol. The molecule has 0 aliphatic rings. The van der Waals surface area contributed by atoms with Crippen molar-refractivity contribution >= 4 is 33.8 Å². The fourth-order valence-corrected chi connectivity index (χ4v) is 4.90. The van der Waals surface area contributed by atoms with Gasteiger partial charge in [0.15, 0.2) is 5.65 Å². The normalized spacial score (nSPS) is 11.8. The Morgan fingerprint density at radius 3 is 2.20 bits per heavy atom. The molecule has 0 unspecified atom stereocenters. The molecule has 0 radical (unpaired) electrons. The fraction of sp³-hybridized carbons (Fsp3) is 0.469. The number of ether oxygens (including phenoxy) is 4. The Morgan fingerprint density at radius 1 is 0.844 bits per heavy atom. The van der Waals surface area contributed by atoms with E-state index in [0.717, 1.165) is 54.1 Å². The van der Waals surface area contributed by atoms with Gasteiger partial charge in [0.25, 0.3) is 5.91 Å². The molecule has 0 bridgehead atoms. The van der Waals surface area contributed by atoms with E-state index in [9.17, 15) is 22.8 Å². The van der Waals surface area contributed by atoms with Gasteiger partial charge in [-0.25, -0.2) is 0 Å². The predicted molar refractivity (Wildman–Crippen MR) is 162 cm³/mol. The number of methoxy groups -OCH3 is 1. The number of aromatic nitrogens is 3. The second kappa shape index (κ2) is 16.4. The minimum Gasteiger partial charge on any atom is -0.469 e. The number of halogens is 3. The second-order valence-electron chi connectivity index (χ2n) is 10.5. The summed E-state index contributed by atoms with van der Waals surface area (Å²) in [6.45, 7) is 3.06. The van der Waals surface area contributed by atoms with Gasteiger partial charge in [0.2, 0.25) is 0 Å². The van der Waals surface area contributed by atoms with Gasteiger partial charge >= 0.3 is 12.1 Å². The minimum atomic E-state index is -4.43. The van der Waals surface area contributed by atoms with Crippen LogP contribution in [0.3, 0.4) is 0 Å². The van der Waals surface area contributed by atoms with Crippen LogP contribution in [0.2, 0.25) is 0 Å². The number of unbranched alkanes of at least 4 members (excludes halogenated alkanes) is 3. The molecule has 1 amide bonds. The van der Waals surface area contributed by atoms with Crippen LogP contribution in [-0.2, 0) is 37.0 Å². The molecule has 45 heavy (non-hydrogen) atoms. The highest BCUT2D eigenvalue weighted by molar-refractivity contribution is 6.10. The Hall–Kier alpha value is -3.94. The number of alkyl halides is 3. The maximum absolute atomic E-state index is 13.1. The average Bonchev–Trinajstić information content (AvgIpc) is 3.54.